The molecule has 0 aliphatic carbocycles. The zero-order chi connectivity index (χ0) is 12.5. The third kappa shape index (κ3) is 1.91. The van der Waals surface area contributed by atoms with E-state index in [0.717, 1.165) is 28.1 Å². The van der Waals surface area contributed by atoms with Crippen molar-refractivity contribution in [3.63, 3.8) is 0 Å². The van der Waals surface area contributed by atoms with Gasteiger partial charge in [0.25, 0.3) is 0 Å². The van der Waals surface area contributed by atoms with Gasteiger partial charge in [-0.15, -0.1) is 0 Å². The van der Waals surface area contributed by atoms with Crippen LogP contribution in [0.15, 0.2) is 36.5 Å². The van der Waals surface area contributed by atoms with Crippen LogP contribution in [0.4, 0.5) is 11.5 Å². The van der Waals surface area contributed by atoms with Gasteiger partial charge in [0.2, 0.25) is 0 Å². The fraction of sp³-hybridized carbons (Fsp3) is 0.0769. The minimum atomic E-state index is 0.691. The maximum Gasteiger partial charge on any atom is 0.141 e. The van der Waals surface area contributed by atoms with E-state index in [1.165, 1.54) is 0 Å². The largest absolute Gasteiger partial charge is 0.340 e. The number of fused-ring (bicyclic) bond motifs is 1. The number of anilines is 2. The van der Waals surface area contributed by atoms with Crippen LogP contribution in [0, 0.1) is 6.92 Å². The second-order valence-electron chi connectivity index (χ2n) is 4.03. The number of nitrogens with zero attached hydrogens (tertiary/aromatic N) is 2. The molecule has 2 heterocycles. The number of pyridine rings is 1. The molecule has 18 heavy (non-hydrogen) atoms. The molecule has 2 N–H and O–H groups in total. The summed E-state index contributed by atoms with van der Waals surface area (Å²) in [6.07, 6.45) is 1.74. The van der Waals surface area contributed by atoms with Crippen LogP contribution in [0.2, 0.25) is 5.02 Å². The van der Waals surface area contributed by atoms with E-state index in [1.54, 1.807) is 6.20 Å². The lowest BCUT2D eigenvalue weighted by molar-refractivity contribution is 1.07. The van der Waals surface area contributed by atoms with Crippen LogP contribution in [0.3, 0.4) is 0 Å². The zero-order valence-corrected chi connectivity index (χ0v) is 10.5. The van der Waals surface area contributed by atoms with E-state index in [9.17, 15) is 0 Å². The predicted octanol–water partition coefficient (Wildman–Crippen LogP) is 3.66. The van der Waals surface area contributed by atoms with Crippen molar-refractivity contribution >= 4 is 34.0 Å². The van der Waals surface area contributed by atoms with Gasteiger partial charge < -0.3 is 5.32 Å². The lowest BCUT2D eigenvalue weighted by atomic mass is 10.2. The minimum absolute atomic E-state index is 0.691. The molecule has 5 heteroatoms. The van der Waals surface area contributed by atoms with E-state index in [0.29, 0.717) is 5.02 Å². The molecule has 3 rings (SSSR count). The summed E-state index contributed by atoms with van der Waals surface area (Å²) in [7, 11) is 0. The van der Waals surface area contributed by atoms with Gasteiger partial charge in [-0.2, -0.15) is 5.10 Å². The van der Waals surface area contributed by atoms with Gasteiger partial charge in [0.15, 0.2) is 0 Å². The van der Waals surface area contributed by atoms with Crippen molar-refractivity contribution in [3.05, 3.63) is 47.2 Å². The Morgan fingerprint density at radius 1 is 1.28 bits per heavy atom. The molecular weight excluding hydrogens is 248 g/mol. The van der Waals surface area contributed by atoms with Crippen LogP contribution in [0.25, 0.3) is 10.9 Å². The number of hydrogen-bond donors (Lipinski definition) is 2. The third-order valence-electron chi connectivity index (χ3n) is 2.74. The highest BCUT2D eigenvalue weighted by Gasteiger charge is 2.08. The Morgan fingerprint density at radius 3 is 3.00 bits per heavy atom. The standard InChI is InChI=1S/C13H11ClN4/c1-8-12-11(18-17-8)5-6-15-13(12)16-10-4-2-3-9(14)7-10/h2-7H,1H3,(H,15,16)(H,17,18). The Balaban J connectivity index is 2.07. The summed E-state index contributed by atoms with van der Waals surface area (Å²) in [6.45, 7) is 1.95. The van der Waals surface area contributed by atoms with Gasteiger partial charge in [0.05, 0.1) is 16.6 Å². The summed E-state index contributed by atoms with van der Waals surface area (Å²) in [6, 6.07) is 9.44. The van der Waals surface area contributed by atoms with E-state index in [-0.39, 0.29) is 0 Å². The average Bonchev–Trinajstić information content (AvgIpc) is 2.72. The van der Waals surface area contributed by atoms with Crippen LogP contribution < -0.4 is 5.32 Å². The molecule has 2 aromatic heterocycles. The lowest BCUT2D eigenvalue weighted by Gasteiger charge is -2.07. The Morgan fingerprint density at radius 2 is 2.17 bits per heavy atom. The molecule has 0 spiro atoms. The first kappa shape index (κ1) is 11.0. The van der Waals surface area contributed by atoms with Crippen molar-refractivity contribution in [2.45, 2.75) is 6.92 Å². The molecule has 0 atom stereocenters. The van der Waals surface area contributed by atoms with Gasteiger partial charge in [-0.25, -0.2) is 4.98 Å². The Kier molecular flexibility index (Phi) is 2.64. The molecule has 0 radical (unpaired) electrons. The minimum Gasteiger partial charge on any atom is -0.340 e. The Labute approximate surface area is 109 Å². The normalized spacial score (nSPS) is 10.8. The van der Waals surface area contributed by atoms with E-state index in [4.69, 9.17) is 11.6 Å². The van der Waals surface area contributed by atoms with Crippen LogP contribution in [0.5, 0.6) is 0 Å². The Bertz CT molecular complexity index is 705. The number of benzene rings is 1. The molecule has 3 aromatic rings. The first-order chi connectivity index (χ1) is 8.74. The van der Waals surface area contributed by atoms with Crippen molar-refractivity contribution in [3.8, 4) is 0 Å². The Hall–Kier alpha value is -2.07. The number of H-pyrrole nitrogens is 1. The maximum absolute atomic E-state index is 5.96. The summed E-state index contributed by atoms with van der Waals surface area (Å²) in [5.41, 5.74) is 2.79. The number of halogens is 1. The number of hydrogen-bond acceptors (Lipinski definition) is 3. The maximum atomic E-state index is 5.96. The number of rotatable bonds is 2. The highest BCUT2D eigenvalue weighted by molar-refractivity contribution is 6.30. The fourth-order valence-corrected chi connectivity index (χ4v) is 2.11. The molecule has 0 aliphatic heterocycles. The van der Waals surface area contributed by atoms with E-state index in [2.05, 4.69) is 20.5 Å². The fourth-order valence-electron chi connectivity index (χ4n) is 1.92. The summed E-state index contributed by atoms with van der Waals surface area (Å²) >= 11 is 5.96. The van der Waals surface area contributed by atoms with Crippen LogP contribution in [0.1, 0.15) is 5.69 Å². The topological polar surface area (TPSA) is 53.6 Å². The van der Waals surface area contributed by atoms with Crippen molar-refractivity contribution < 1.29 is 0 Å². The summed E-state index contributed by atoms with van der Waals surface area (Å²) < 4.78 is 0. The quantitative estimate of drug-likeness (QED) is 0.737. The summed E-state index contributed by atoms with van der Waals surface area (Å²) in [4.78, 5) is 4.35. The van der Waals surface area contributed by atoms with Crippen molar-refractivity contribution in [2.75, 3.05) is 5.32 Å². The summed E-state index contributed by atoms with van der Waals surface area (Å²) in [5, 5.41) is 12.1. The SMILES string of the molecule is Cc1n[nH]c2ccnc(Nc3cccc(Cl)c3)c12. The molecule has 4 nitrogen and oxygen atoms in total. The average molecular weight is 259 g/mol. The lowest BCUT2D eigenvalue weighted by Crippen LogP contribution is -1.94. The molecule has 90 valence electrons. The van der Waals surface area contributed by atoms with Gasteiger partial charge in [0, 0.05) is 16.9 Å². The van der Waals surface area contributed by atoms with Crippen molar-refractivity contribution in [1.82, 2.24) is 15.2 Å². The van der Waals surface area contributed by atoms with Gasteiger partial charge >= 0.3 is 0 Å². The monoisotopic (exact) mass is 258 g/mol. The number of aryl methyl sites for hydroxylation is 1. The molecule has 0 aliphatic rings. The van der Waals surface area contributed by atoms with Gasteiger partial charge in [-0.05, 0) is 31.2 Å². The third-order valence-corrected chi connectivity index (χ3v) is 2.98. The van der Waals surface area contributed by atoms with Gasteiger partial charge in [0.1, 0.15) is 5.82 Å². The second kappa shape index (κ2) is 4.31. The van der Waals surface area contributed by atoms with Crippen molar-refractivity contribution in [2.24, 2.45) is 0 Å². The van der Waals surface area contributed by atoms with Crippen LogP contribution in [-0.4, -0.2) is 15.2 Å². The molecule has 0 unspecified atom stereocenters. The predicted molar refractivity (Wildman–Crippen MR) is 73.4 cm³/mol. The van der Waals surface area contributed by atoms with Gasteiger partial charge in [-0.1, -0.05) is 17.7 Å². The van der Waals surface area contributed by atoms with Crippen LogP contribution >= 0.6 is 11.6 Å². The van der Waals surface area contributed by atoms with E-state index < -0.39 is 0 Å². The molecule has 0 fully saturated rings. The molecule has 0 amide bonds. The van der Waals surface area contributed by atoms with E-state index in [1.807, 2.05) is 37.3 Å². The highest BCUT2D eigenvalue weighted by Crippen LogP contribution is 2.26. The molecule has 0 bridgehead atoms. The van der Waals surface area contributed by atoms with Gasteiger partial charge in [-0.3, -0.25) is 5.10 Å². The molecule has 0 saturated carbocycles. The summed E-state index contributed by atoms with van der Waals surface area (Å²) in [5.74, 6) is 0.779. The number of nitrogens with one attached hydrogen (secondary N) is 2. The van der Waals surface area contributed by atoms with Crippen molar-refractivity contribution in [1.29, 1.82) is 0 Å². The second-order valence-corrected chi connectivity index (χ2v) is 4.46. The van der Waals surface area contributed by atoms with E-state index >= 15 is 0 Å². The molecular formula is C13H11ClN4. The number of aromatic nitrogens is 3. The number of aromatic amines is 1. The highest BCUT2D eigenvalue weighted by atomic mass is 35.5. The first-order valence-corrected chi connectivity index (χ1v) is 5.94. The van der Waals surface area contributed by atoms with Crippen LogP contribution in [-0.2, 0) is 0 Å². The molecule has 0 saturated heterocycles. The zero-order valence-electron chi connectivity index (χ0n) is 9.74. The molecule has 1 aromatic carbocycles. The first-order valence-electron chi connectivity index (χ1n) is 5.56. The smallest absolute Gasteiger partial charge is 0.141 e.